The summed E-state index contributed by atoms with van der Waals surface area (Å²) >= 11 is 0. The van der Waals surface area contributed by atoms with Crippen LogP contribution in [0.4, 0.5) is 0 Å². The second-order valence-electron chi connectivity index (χ2n) is 3.60. The smallest absolute Gasteiger partial charge is 0.248 e. The molecule has 0 aliphatic rings. The minimum absolute atomic E-state index is 0.348. The second-order valence-corrected chi connectivity index (χ2v) is 3.60. The highest BCUT2D eigenvalue weighted by atomic mass is 16.1. The largest absolute Gasteiger partial charge is 0.366 e. The topological polar surface area (TPSA) is 66.9 Å². The molecule has 0 aliphatic carbocycles. The van der Waals surface area contributed by atoms with Gasteiger partial charge in [0.25, 0.3) is 0 Å². The molecule has 0 heterocycles. The van der Waals surface area contributed by atoms with E-state index in [2.05, 4.69) is 6.07 Å². The first-order valence-corrected chi connectivity index (χ1v) is 5.12. The van der Waals surface area contributed by atoms with Gasteiger partial charge < -0.3 is 5.73 Å². The van der Waals surface area contributed by atoms with Crippen molar-refractivity contribution in [2.75, 3.05) is 0 Å². The summed E-state index contributed by atoms with van der Waals surface area (Å²) < 4.78 is 0. The van der Waals surface area contributed by atoms with Gasteiger partial charge in [0.15, 0.2) is 0 Å². The summed E-state index contributed by atoms with van der Waals surface area (Å²) in [5.74, 6) is -0.527. The highest BCUT2D eigenvalue weighted by Gasteiger charge is 2.08. The van der Waals surface area contributed by atoms with Gasteiger partial charge in [-0.15, -0.1) is 0 Å². The lowest BCUT2D eigenvalue weighted by Gasteiger charge is -2.05. The minimum atomic E-state index is -0.527. The number of nitrogens with two attached hydrogens (primary N) is 1. The lowest BCUT2D eigenvalue weighted by Crippen LogP contribution is -2.11. The van der Waals surface area contributed by atoms with Crippen LogP contribution in [0, 0.1) is 11.3 Å². The maximum absolute atomic E-state index is 11.0. The number of nitrogens with zero attached hydrogens (tertiary/aromatic N) is 1. The predicted molar refractivity (Wildman–Crippen MR) is 65.1 cm³/mol. The van der Waals surface area contributed by atoms with Crippen LogP contribution in [0.15, 0.2) is 48.5 Å². The van der Waals surface area contributed by atoms with Crippen LogP contribution in [0.5, 0.6) is 0 Å². The van der Waals surface area contributed by atoms with E-state index in [-0.39, 0.29) is 0 Å². The molecule has 2 N–H and O–H groups in total. The Labute approximate surface area is 99.1 Å². The van der Waals surface area contributed by atoms with Gasteiger partial charge in [0.1, 0.15) is 0 Å². The van der Waals surface area contributed by atoms with Gasteiger partial charge in [-0.3, -0.25) is 4.79 Å². The highest BCUT2D eigenvalue weighted by molar-refractivity contribution is 5.94. The number of amides is 1. The number of benzene rings is 2. The maximum atomic E-state index is 11.0. The monoisotopic (exact) mass is 222 g/mol. The minimum Gasteiger partial charge on any atom is -0.366 e. The zero-order valence-corrected chi connectivity index (χ0v) is 9.05. The molecule has 0 saturated heterocycles. The Bertz CT molecular complexity index is 597. The lowest BCUT2D eigenvalue weighted by atomic mass is 9.98. The zero-order valence-electron chi connectivity index (χ0n) is 9.05. The third kappa shape index (κ3) is 2.16. The number of primary amides is 1. The van der Waals surface area contributed by atoms with Crippen molar-refractivity contribution in [2.24, 2.45) is 5.73 Å². The van der Waals surface area contributed by atoms with Crippen LogP contribution in [0.25, 0.3) is 11.1 Å². The molecule has 82 valence electrons. The Morgan fingerprint density at radius 1 is 1.12 bits per heavy atom. The van der Waals surface area contributed by atoms with Crippen LogP contribution >= 0.6 is 0 Å². The second kappa shape index (κ2) is 4.50. The van der Waals surface area contributed by atoms with Crippen molar-refractivity contribution in [3.8, 4) is 17.2 Å². The van der Waals surface area contributed by atoms with Crippen LogP contribution < -0.4 is 5.73 Å². The molecular weight excluding hydrogens is 212 g/mol. The van der Waals surface area contributed by atoms with E-state index in [1.165, 1.54) is 6.07 Å². The zero-order chi connectivity index (χ0) is 12.3. The number of rotatable bonds is 2. The maximum Gasteiger partial charge on any atom is 0.248 e. The van der Waals surface area contributed by atoms with E-state index in [1.807, 2.05) is 30.3 Å². The van der Waals surface area contributed by atoms with Gasteiger partial charge >= 0.3 is 0 Å². The van der Waals surface area contributed by atoms with Gasteiger partial charge in [0, 0.05) is 5.56 Å². The standard InChI is InChI=1S/C14H10N2O/c15-9-12-8-11(14(16)17)6-7-13(12)10-4-2-1-3-5-10/h1-8H,(H2,16,17). The number of carbonyl (C=O) groups is 1. The molecular formula is C14H10N2O. The van der Waals surface area contributed by atoms with E-state index in [9.17, 15) is 4.79 Å². The van der Waals surface area contributed by atoms with E-state index in [4.69, 9.17) is 11.0 Å². The van der Waals surface area contributed by atoms with Gasteiger partial charge in [0.2, 0.25) is 5.91 Å². The fourth-order valence-corrected chi connectivity index (χ4v) is 1.66. The van der Waals surface area contributed by atoms with Crippen molar-refractivity contribution in [3.63, 3.8) is 0 Å². The van der Waals surface area contributed by atoms with Gasteiger partial charge in [-0.1, -0.05) is 36.4 Å². The fraction of sp³-hybridized carbons (Fsp3) is 0. The number of nitriles is 1. The first kappa shape index (κ1) is 10.9. The Morgan fingerprint density at radius 3 is 2.41 bits per heavy atom. The molecule has 0 bridgehead atoms. The van der Waals surface area contributed by atoms with Crippen LogP contribution in [0.3, 0.4) is 0 Å². The molecule has 0 saturated carbocycles. The molecule has 3 nitrogen and oxygen atoms in total. The molecule has 2 aromatic carbocycles. The number of carbonyl (C=O) groups excluding carboxylic acids is 1. The fourth-order valence-electron chi connectivity index (χ4n) is 1.66. The van der Waals surface area contributed by atoms with Gasteiger partial charge in [-0.2, -0.15) is 5.26 Å². The molecule has 2 rings (SSSR count). The Balaban J connectivity index is 2.57. The van der Waals surface area contributed by atoms with Crippen molar-refractivity contribution in [1.82, 2.24) is 0 Å². The molecule has 17 heavy (non-hydrogen) atoms. The van der Waals surface area contributed by atoms with Gasteiger partial charge in [-0.25, -0.2) is 0 Å². The molecule has 3 heteroatoms. The summed E-state index contributed by atoms with van der Waals surface area (Å²) in [4.78, 5) is 11.0. The average Bonchev–Trinajstić information content (AvgIpc) is 2.39. The Morgan fingerprint density at radius 2 is 1.82 bits per heavy atom. The number of hydrogen-bond donors (Lipinski definition) is 1. The molecule has 0 aliphatic heterocycles. The summed E-state index contributed by atoms with van der Waals surface area (Å²) in [6, 6.07) is 16.5. The molecule has 0 radical (unpaired) electrons. The van der Waals surface area contributed by atoms with Gasteiger partial charge in [-0.05, 0) is 23.3 Å². The molecule has 0 spiro atoms. The van der Waals surface area contributed by atoms with Crippen molar-refractivity contribution >= 4 is 5.91 Å². The molecule has 0 aromatic heterocycles. The van der Waals surface area contributed by atoms with E-state index in [0.717, 1.165) is 11.1 Å². The van der Waals surface area contributed by atoms with Crippen LogP contribution in [0.2, 0.25) is 0 Å². The van der Waals surface area contributed by atoms with E-state index in [1.54, 1.807) is 12.1 Å². The molecule has 2 aromatic rings. The molecule has 0 fully saturated rings. The van der Waals surface area contributed by atoms with Crippen LogP contribution in [-0.4, -0.2) is 5.91 Å². The van der Waals surface area contributed by atoms with Gasteiger partial charge in [0.05, 0.1) is 11.6 Å². The molecule has 1 amide bonds. The average molecular weight is 222 g/mol. The summed E-state index contributed by atoms with van der Waals surface area (Å²) in [5.41, 5.74) is 7.73. The van der Waals surface area contributed by atoms with E-state index in [0.29, 0.717) is 11.1 Å². The van der Waals surface area contributed by atoms with Crippen molar-refractivity contribution < 1.29 is 4.79 Å². The number of hydrogen-bond acceptors (Lipinski definition) is 2. The first-order valence-electron chi connectivity index (χ1n) is 5.12. The molecule has 0 atom stereocenters. The third-order valence-corrected chi connectivity index (χ3v) is 2.51. The first-order chi connectivity index (χ1) is 8.22. The summed E-state index contributed by atoms with van der Waals surface area (Å²) in [7, 11) is 0. The summed E-state index contributed by atoms with van der Waals surface area (Å²) in [5, 5.41) is 9.08. The van der Waals surface area contributed by atoms with E-state index < -0.39 is 5.91 Å². The Kier molecular flexibility index (Phi) is 2.89. The summed E-state index contributed by atoms with van der Waals surface area (Å²) in [6.45, 7) is 0. The predicted octanol–water partition coefficient (Wildman–Crippen LogP) is 2.32. The van der Waals surface area contributed by atoms with Crippen molar-refractivity contribution in [2.45, 2.75) is 0 Å². The van der Waals surface area contributed by atoms with E-state index >= 15 is 0 Å². The normalized spacial score (nSPS) is 9.59. The van der Waals surface area contributed by atoms with Crippen molar-refractivity contribution in [3.05, 3.63) is 59.7 Å². The highest BCUT2D eigenvalue weighted by Crippen LogP contribution is 2.23. The molecule has 0 unspecified atom stereocenters. The lowest BCUT2D eigenvalue weighted by molar-refractivity contribution is 0.100. The van der Waals surface area contributed by atoms with Crippen LogP contribution in [0.1, 0.15) is 15.9 Å². The Hall–Kier alpha value is -2.60. The quantitative estimate of drug-likeness (QED) is 0.847. The van der Waals surface area contributed by atoms with Crippen molar-refractivity contribution in [1.29, 1.82) is 5.26 Å². The SMILES string of the molecule is N#Cc1cc(C(N)=O)ccc1-c1ccccc1. The third-order valence-electron chi connectivity index (χ3n) is 2.51. The summed E-state index contributed by atoms with van der Waals surface area (Å²) in [6.07, 6.45) is 0. The van der Waals surface area contributed by atoms with Crippen LogP contribution in [-0.2, 0) is 0 Å².